The molecule has 9 nitrogen and oxygen atoms in total. The van der Waals surface area contributed by atoms with Gasteiger partial charge in [0.1, 0.15) is 0 Å². The first-order valence-electron chi connectivity index (χ1n) is 10.3. The van der Waals surface area contributed by atoms with E-state index in [0.29, 0.717) is 54.9 Å². The number of carbonyl (C=O) groups excluding carboxylic acids is 1. The Balaban J connectivity index is 1.32. The molecule has 1 N–H and O–H groups in total. The molecule has 10 heteroatoms. The number of benzene rings is 2. The lowest BCUT2D eigenvalue weighted by atomic mass is 9.95. The zero-order chi connectivity index (χ0) is 22.7. The van der Waals surface area contributed by atoms with E-state index < -0.39 is 4.92 Å². The molecule has 0 atom stereocenters. The van der Waals surface area contributed by atoms with Gasteiger partial charge in [0, 0.05) is 23.6 Å². The monoisotopic (exact) mass is 455 g/mol. The molecular formula is C22H22ClN5O4. The summed E-state index contributed by atoms with van der Waals surface area (Å²) in [6.45, 7) is 3.71. The molecule has 1 aliphatic rings. The van der Waals surface area contributed by atoms with Gasteiger partial charge in [-0.3, -0.25) is 19.8 Å². The van der Waals surface area contributed by atoms with Crippen LogP contribution in [0.3, 0.4) is 0 Å². The SMILES string of the molecule is Cc1ccc([N+](=O)[O-])cc1NC(=O)C1CCN(Cc2nc(-c3ccccc3Cl)no2)CC1. The Bertz CT molecular complexity index is 1140. The second-order valence-corrected chi connectivity index (χ2v) is 8.19. The smallest absolute Gasteiger partial charge is 0.271 e. The second kappa shape index (κ2) is 9.46. The van der Waals surface area contributed by atoms with E-state index in [4.69, 9.17) is 16.1 Å². The van der Waals surface area contributed by atoms with Crippen LogP contribution in [0.1, 0.15) is 24.3 Å². The van der Waals surface area contributed by atoms with E-state index >= 15 is 0 Å². The molecule has 1 saturated heterocycles. The first kappa shape index (κ1) is 21.9. The Morgan fingerprint density at radius 3 is 2.75 bits per heavy atom. The second-order valence-electron chi connectivity index (χ2n) is 7.79. The van der Waals surface area contributed by atoms with Crippen molar-refractivity contribution in [2.75, 3.05) is 18.4 Å². The lowest BCUT2D eigenvalue weighted by molar-refractivity contribution is -0.384. The van der Waals surface area contributed by atoms with E-state index in [1.54, 1.807) is 12.1 Å². The summed E-state index contributed by atoms with van der Waals surface area (Å²) in [7, 11) is 0. The molecule has 1 amide bonds. The van der Waals surface area contributed by atoms with Gasteiger partial charge in [0.15, 0.2) is 0 Å². The Labute approximate surface area is 189 Å². The Morgan fingerprint density at radius 1 is 1.28 bits per heavy atom. The van der Waals surface area contributed by atoms with E-state index in [1.165, 1.54) is 12.1 Å². The molecule has 0 bridgehead atoms. The summed E-state index contributed by atoms with van der Waals surface area (Å²) in [6.07, 6.45) is 1.34. The third-order valence-corrected chi connectivity index (χ3v) is 5.92. The molecule has 0 aliphatic carbocycles. The van der Waals surface area contributed by atoms with Gasteiger partial charge in [-0.15, -0.1) is 0 Å². The number of nitrogens with one attached hydrogen (secondary N) is 1. The number of nitrogens with zero attached hydrogens (tertiary/aromatic N) is 4. The highest BCUT2D eigenvalue weighted by atomic mass is 35.5. The Morgan fingerprint density at radius 2 is 2.03 bits per heavy atom. The summed E-state index contributed by atoms with van der Waals surface area (Å²) >= 11 is 6.19. The van der Waals surface area contributed by atoms with Crippen LogP contribution in [0.2, 0.25) is 5.02 Å². The van der Waals surface area contributed by atoms with Crippen molar-refractivity contribution in [2.45, 2.75) is 26.3 Å². The molecule has 2 heterocycles. The average Bonchev–Trinajstić information content (AvgIpc) is 3.24. The predicted octanol–water partition coefficient (Wildman–Crippen LogP) is 4.46. The fourth-order valence-electron chi connectivity index (χ4n) is 3.71. The molecule has 166 valence electrons. The fraction of sp³-hybridized carbons (Fsp3) is 0.318. The van der Waals surface area contributed by atoms with E-state index in [-0.39, 0.29) is 17.5 Å². The zero-order valence-electron chi connectivity index (χ0n) is 17.5. The third-order valence-electron chi connectivity index (χ3n) is 5.59. The summed E-state index contributed by atoms with van der Waals surface area (Å²) in [5, 5.41) is 18.4. The van der Waals surface area contributed by atoms with Crippen LogP contribution in [0.4, 0.5) is 11.4 Å². The van der Waals surface area contributed by atoms with Crippen molar-refractivity contribution in [1.29, 1.82) is 0 Å². The van der Waals surface area contributed by atoms with Gasteiger partial charge in [-0.25, -0.2) is 0 Å². The van der Waals surface area contributed by atoms with Gasteiger partial charge in [0.25, 0.3) is 5.69 Å². The highest BCUT2D eigenvalue weighted by Gasteiger charge is 2.27. The number of non-ortho nitro benzene ring substituents is 1. The Kier molecular flexibility index (Phi) is 6.48. The van der Waals surface area contributed by atoms with Crippen LogP contribution in [0.5, 0.6) is 0 Å². The molecular weight excluding hydrogens is 434 g/mol. The highest BCUT2D eigenvalue weighted by molar-refractivity contribution is 6.33. The van der Waals surface area contributed by atoms with Crippen LogP contribution in [0, 0.1) is 23.0 Å². The molecule has 0 saturated carbocycles. The van der Waals surface area contributed by atoms with Gasteiger partial charge in [-0.05, 0) is 50.6 Å². The van der Waals surface area contributed by atoms with Crippen LogP contribution in [-0.4, -0.2) is 39.0 Å². The number of rotatable bonds is 6. The number of nitro groups is 1. The van der Waals surface area contributed by atoms with Gasteiger partial charge < -0.3 is 9.84 Å². The number of hydrogen-bond donors (Lipinski definition) is 1. The number of piperidine rings is 1. The molecule has 0 radical (unpaired) electrons. The number of aromatic nitrogens is 2. The summed E-state index contributed by atoms with van der Waals surface area (Å²) < 4.78 is 5.38. The minimum absolute atomic E-state index is 0.0450. The number of likely N-dealkylation sites (tertiary alicyclic amines) is 1. The number of halogens is 1. The first-order valence-corrected chi connectivity index (χ1v) is 10.6. The number of hydrogen-bond acceptors (Lipinski definition) is 7. The quantitative estimate of drug-likeness (QED) is 0.431. The van der Waals surface area contributed by atoms with Crippen LogP contribution < -0.4 is 5.32 Å². The maximum atomic E-state index is 12.7. The van der Waals surface area contributed by atoms with Crippen molar-refractivity contribution in [3.8, 4) is 11.4 Å². The largest absolute Gasteiger partial charge is 0.338 e. The highest BCUT2D eigenvalue weighted by Crippen LogP contribution is 2.27. The van der Waals surface area contributed by atoms with Crippen LogP contribution in [-0.2, 0) is 11.3 Å². The topological polar surface area (TPSA) is 114 Å². The summed E-state index contributed by atoms with van der Waals surface area (Å²) in [5.41, 5.74) is 1.93. The van der Waals surface area contributed by atoms with E-state index in [2.05, 4.69) is 20.4 Å². The van der Waals surface area contributed by atoms with E-state index in [1.807, 2.05) is 25.1 Å². The molecule has 2 aromatic carbocycles. The van der Waals surface area contributed by atoms with Gasteiger partial charge >= 0.3 is 0 Å². The standard InChI is InChI=1S/C22H22ClN5O4/c1-14-6-7-16(28(30)31)12-19(14)24-22(29)15-8-10-27(11-9-15)13-20-25-21(26-32-20)17-4-2-3-5-18(17)23/h2-7,12,15H,8-11,13H2,1H3,(H,24,29). The van der Waals surface area contributed by atoms with Gasteiger partial charge in [0.05, 0.1) is 22.2 Å². The molecule has 1 fully saturated rings. The van der Waals surface area contributed by atoms with Crippen molar-refractivity contribution in [2.24, 2.45) is 5.92 Å². The minimum atomic E-state index is -0.470. The summed E-state index contributed by atoms with van der Waals surface area (Å²) in [6, 6.07) is 11.8. The van der Waals surface area contributed by atoms with Gasteiger partial charge in [-0.1, -0.05) is 35.0 Å². The zero-order valence-corrected chi connectivity index (χ0v) is 18.2. The maximum Gasteiger partial charge on any atom is 0.271 e. The molecule has 4 rings (SSSR count). The van der Waals surface area contributed by atoms with E-state index in [0.717, 1.165) is 11.1 Å². The van der Waals surface area contributed by atoms with Crippen molar-refractivity contribution in [3.05, 3.63) is 69.1 Å². The normalized spacial score (nSPS) is 14.9. The molecule has 32 heavy (non-hydrogen) atoms. The van der Waals surface area contributed by atoms with Crippen molar-refractivity contribution >= 4 is 28.9 Å². The summed E-state index contributed by atoms with van der Waals surface area (Å²) in [4.78, 5) is 29.8. The number of anilines is 1. The molecule has 1 aliphatic heterocycles. The molecule has 3 aromatic rings. The molecule has 0 unspecified atom stereocenters. The number of carbonyl (C=O) groups is 1. The van der Waals surface area contributed by atoms with E-state index in [9.17, 15) is 14.9 Å². The van der Waals surface area contributed by atoms with Gasteiger partial charge in [0.2, 0.25) is 17.6 Å². The van der Waals surface area contributed by atoms with Crippen molar-refractivity contribution in [1.82, 2.24) is 15.0 Å². The van der Waals surface area contributed by atoms with Crippen molar-refractivity contribution in [3.63, 3.8) is 0 Å². The van der Waals surface area contributed by atoms with Crippen molar-refractivity contribution < 1.29 is 14.2 Å². The lowest BCUT2D eigenvalue weighted by Gasteiger charge is -2.30. The average molecular weight is 456 g/mol. The number of amides is 1. The fourth-order valence-corrected chi connectivity index (χ4v) is 3.93. The third kappa shape index (κ3) is 4.95. The maximum absolute atomic E-state index is 12.7. The number of aryl methyl sites for hydroxylation is 1. The first-order chi connectivity index (χ1) is 15.4. The Hall–Kier alpha value is -3.30. The molecule has 1 aromatic heterocycles. The minimum Gasteiger partial charge on any atom is -0.338 e. The van der Waals surface area contributed by atoms with Crippen LogP contribution in [0.15, 0.2) is 47.0 Å². The molecule has 0 spiro atoms. The van der Waals surface area contributed by atoms with Crippen LogP contribution >= 0.6 is 11.6 Å². The summed E-state index contributed by atoms with van der Waals surface area (Å²) in [5.74, 6) is 0.667. The number of nitro benzene ring substituents is 1. The van der Waals surface area contributed by atoms with Gasteiger partial charge in [-0.2, -0.15) is 4.98 Å². The predicted molar refractivity (Wildman–Crippen MR) is 119 cm³/mol. The van der Waals surface area contributed by atoms with Crippen LogP contribution in [0.25, 0.3) is 11.4 Å². The lowest BCUT2D eigenvalue weighted by Crippen LogP contribution is -2.37.